The molecule has 0 unspecified atom stereocenters. The highest BCUT2D eigenvalue weighted by atomic mass is 19.1. The van der Waals surface area contributed by atoms with E-state index in [0.717, 1.165) is 11.6 Å². The van der Waals surface area contributed by atoms with E-state index in [2.05, 4.69) is 5.32 Å². The number of aromatic hydroxyl groups is 1. The molecule has 0 fully saturated rings. The Hall–Kier alpha value is -2.56. The number of carbonyl (C=O) groups is 1. The molecular formula is C15H14FNO3. The largest absolute Gasteiger partial charge is 0.508 e. The van der Waals surface area contributed by atoms with E-state index in [-0.39, 0.29) is 23.6 Å². The molecule has 4 nitrogen and oxygen atoms in total. The second-order valence-corrected chi connectivity index (χ2v) is 4.20. The molecule has 0 saturated carbocycles. The van der Waals surface area contributed by atoms with Gasteiger partial charge in [-0.1, -0.05) is 12.1 Å². The lowest BCUT2D eigenvalue weighted by Gasteiger charge is -2.07. The predicted octanol–water partition coefficient (Wildman–Crippen LogP) is 2.47. The van der Waals surface area contributed by atoms with E-state index in [9.17, 15) is 14.3 Å². The Balaban J connectivity index is 2.03. The van der Waals surface area contributed by atoms with Crippen LogP contribution in [0.2, 0.25) is 0 Å². The number of rotatable bonds is 4. The number of halogens is 1. The van der Waals surface area contributed by atoms with Crippen LogP contribution in [-0.4, -0.2) is 18.1 Å². The van der Waals surface area contributed by atoms with Gasteiger partial charge in [0.1, 0.15) is 5.75 Å². The second kappa shape index (κ2) is 6.06. The Morgan fingerprint density at radius 2 is 2.10 bits per heavy atom. The number of hydrogen-bond acceptors (Lipinski definition) is 3. The third-order valence-corrected chi connectivity index (χ3v) is 2.78. The fraction of sp³-hybridized carbons (Fsp3) is 0.133. The van der Waals surface area contributed by atoms with Gasteiger partial charge in [0, 0.05) is 12.1 Å². The SMILES string of the molecule is COc1ccc(C(=O)NCc2cccc(O)c2)cc1F. The average molecular weight is 275 g/mol. The molecule has 0 heterocycles. The van der Waals surface area contributed by atoms with E-state index in [1.54, 1.807) is 24.3 Å². The zero-order valence-corrected chi connectivity index (χ0v) is 10.9. The third kappa shape index (κ3) is 3.26. The van der Waals surface area contributed by atoms with Crippen molar-refractivity contribution in [1.82, 2.24) is 5.32 Å². The molecule has 2 aromatic rings. The van der Waals surface area contributed by atoms with Gasteiger partial charge in [0.15, 0.2) is 11.6 Å². The van der Waals surface area contributed by atoms with Crippen molar-refractivity contribution in [2.24, 2.45) is 0 Å². The zero-order chi connectivity index (χ0) is 14.5. The molecule has 0 aliphatic rings. The van der Waals surface area contributed by atoms with Crippen LogP contribution in [0, 0.1) is 5.82 Å². The van der Waals surface area contributed by atoms with Gasteiger partial charge in [-0.25, -0.2) is 4.39 Å². The van der Waals surface area contributed by atoms with Gasteiger partial charge in [-0.05, 0) is 35.9 Å². The van der Waals surface area contributed by atoms with Crippen LogP contribution in [-0.2, 0) is 6.54 Å². The highest BCUT2D eigenvalue weighted by Crippen LogP contribution is 2.17. The molecular weight excluding hydrogens is 261 g/mol. The van der Waals surface area contributed by atoms with E-state index in [0.29, 0.717) is 0 Å². The maximum atomic E-state index is 13.5. The Morgan fingerprint density at radius 3 is 2.75 bits per heavy atom. The zero-order valence-electron chi connectivity index (χ0n) is 10.9. The number of methoxy groups -OCH3 is 1. The topological polar surface area (TPSA) is 58.6 Å². The molecule has 0 saturated heterocycles. The highest BCUT2D eigenvalue weighted by Gasteiger charge is 2.09. The van der Waals surface area contributed by atoms with Crippen molar-refractivity contribution < 1.29 is 19.0 Å². The lowest BCUT2D eigenvalue weighted by molar-refractivity contribution is 0.0950. The fourth-order valence-electron chi connectivity index (χ4n) is 1.76. The van der Waals surface area contributed by atoms with Gasteiger partial charge in [0.2, 0.25) is 0 Å². The van der Waals surface area contributed by atoms with Gasteiger partial charge >= 0.3 is 0 Å². The number of carbonyl (C=O) groups excluding carboxylic acids is 1. The summed E-state index contributed by atoms with van der Waals surface area (Å²) in [6, 6.07) is 10.6. The molecule has 2 rings (SSSR count). The van der Waals surface area contributed by atoms with Crippen molar-refractivity contribution in [3.8, 4) is 11.5 Å². The number of benzene rings is 2. The van der Waals surface area contributed by atoms with Crippen LogP contribution < -0.4 is 10.1 Å². The van der Waals surface area contributed by atoms with E-state index in [4.69, 9.17) is 4.74 Å². The van der Waals surface area contributed by atoms with E-state index in [1.165, 1.54) is 19.2 Å². The van der Waals surface area contributed by atoms with Crippen molar-refractivity contribution in [3.63, 3.8) is 0 Å². The Morgan fingerprint density at radius 1 is 1.30 bits per heavy atom. The fourth-order valence-corrected chi connectivity index (χ4v) is 1.76. The van der Waals surface area contributed by atoms with Gasteiger partial charge in [-0.3, -0.25) is 4.79 Å². The van der Waals surface area contributed by atoms with Gasteiger partial charge in [-0.2, -0.15) is 0 Å². The molecule has 0 aliphatic heterocycles. The smallest absolute Gasteiger partial charge is 0.251 e. The summed E-state index contributed by atoms with van der Waals surface area (Å²) in [4.78, 5) is 11.9. The number of phenols is 1. The molecule has 2 N–H and O–H groups in total. The number of ether oxygens (including phenoxy) is 1. The van der Waals surface area contributed by atoms with Crippen molar-refractivity contribution in [2.45, 2.75) is 6.54 Å². The highest BCUT2D eigenvalue weighted by molar-refractivity contribution is 5.94. The minimum absolute atomic E-state index is 0.0922. The van der Waals surface area contributed by atoms with Crippen molar-refractivity contribution >= 4 is 5.91 Å². The van der Waals surface area contributed by atoms with Crippen LogP contribution in [0.25, 0.3) is 0 Å². The average Bonchev–Trinajstić information content (AvgIpc) is 2.44. The normalized spacial score (nSPS) is 10.1. The monoisotopic (exact) mass is 275 g/mol. The number of phenolic OH excluding ortho intramolecular Hbond substituents is 1. The first-order chi connectivity index (χ1) is 9.60. The van der Waals surface area contributed by atoms with Gasteiger partial charge in [0.25, 0.3) is 5.91 Å². The second-order valence-electron chi connectivity index (χ2n) is 4.20. The Bertz CT molecular complexity index is 628. The number of nitrogens with one attached hydrogen (secondary N) is 1. The molecule has 0 atom stereocenters. The first-order valence-electron chi connectivity index (χ1n) is 6.00. The molecule has 2 aromatic carbocycles. The molecule has 0 radical (unpaired) electrons. The van der Waals surface area contributed by atoms with Gasteiger partial charge in [0.05, 0.1) is 7.11 Å². The lowest BCUT2D eigenvalue weighted by Crippen LogP contribution is -2.22. The molecule has 0 aliphatic carbocycles. The molecule has 0 bridgehead atoms. The van der Waals surface area contributed by atoms with Crippen LogP contribution >= 0.6 is 0 Å². The summed E-state index contributed by atoms with van der Waals surface area (Å²) in [5.41, 5.74) is 0.968. The summed E-state index contributed by atoms with van der Waals surface area (Å²) in [5.74, 6) is -0.755. The predicted molar refractivity (Wildman–Crippen MR) is 72.2 cm³/mol. The maximum Gasteiger partial charge on any atom is 0.251 e. The Kier molecular flexibility index (Phi) is 4.20. The quantitative estimate of drug-likeness (QED) is 0.901. The molecule has 5 heteroatoms. The van der Waals surface area contributed by atoms with Crippen molar-refractivity contribution in [1.29, 1.82) is 0 Å². The van der Waals surface area contributed by atoms with Crippen LogP contribution in [0.5, 0.6) is 11.5 Å². The van der Waals surface area contributed by atoms with Crippen LogP contribution in [0.1, 0.15) is 15.9 Å². The third-order valence-electron chi connectivity index (χ3n) is 2.78. The standard InChI is InChI=1S/C15H14FNO3/c1-20-14-6-5-11(8-13(14)16)15(19)17-9-10-3-2-4-12(18)7-10/h2-8,18H,9H2,1H3,(H,17,19). The Labute approximate surface area is 115 Å². The molecule has 0 aromatic heterocycles. The van der Waals surface area contributed by atoms with Gasteiger partial charge < -0.3 is 15.2 Å². The first kappa shape index (κ1) is 13.9. The lowest BCUT2D eigenvalue weighted by atomic mass is 10.1. The summed E-state index contributed by atoms with van der Waals surface area (Å²) in [5, 5.41) is 12.0. The van der Waals surface area contributed by atoms with Crippen LogP contribution in [0.15, 0.2) is 42.5 Å². The van der Waals surface area contributed by atoms with Crippen LogP contribution in [0.3, 0.4) is 0 Å². The molecule has 1 amide bonds. The summed E-state index contributed by atoms with van der Waals surface area (Å²) >= 11 is 0. The van der Waals surface area contributed by atoms with Crippen molar-refractivity contribution in [2.75, 3.05) is 7.11 Å². The van der Waals surface area contributed by atoms with E-state index >= 15 is 0 Å². The minimum Gasteiger partial charge on any atom is -0.508 e. The van der Waals surface area contributed by atoms with E-state index < -0.39 is 11.7 Å². The van der Waals surface area contributed by atoms with E-state index in [1.807, 2.05) is 0 Å². The first-order valence-corrected chi connectivity index (χ1v) is 6.00. The minimum atomic E-state index is -0.586. The molecule has 0 spiro atoms. The summed E-state index contributed by atoms with van der Waals surface area (Å²) in [6.07, 6.45) is 0. The summed E-state index contributed by atoms with van der Waals surface area (Å²) in [6.45, 7) is 0.251. The van der Waals surface area contributed by atoms with Crippen molar-refractivity contribution in [3.05, 3.63) is 59.4 Å². The molecule has 104 valence electrons. The van der Waals surface area contributed by atoms with Gasteiger partial charge in [-0.15, -0.1) is 0 Å². The number of hydrogen-bond donors (Lipinski definition) is 2. The number of amides is 1. The van der Waals surface area contributed by atoms with Crippen LogP contribution in [0.4, 0.5) is 4.39 Å². The summed E-state index contributed by atoms with van der Waals surface area (Å²) in [7, 11) is 1.36. The molecule has 20 heavy (non-hydrogen) atoms. The summed E-state index contributed by atoms with van der Waals surface area (Å²) < 4.78 is 18.3. The maximum absolute atomic E-state index is 13.5.